The highest BCUT2D eigenvalue weighted by atomic mass is 19.2. The van der Waals surface area contributed by atoms with Gasteiger partial charge < -0.3 is 9.47 Å². The maximum atomic E-state index is 14.0. The zero-order valence-corrected chi connectivity index (χ0v) is 23.7. The van der Waals surface area contributed by atoms with Crippen molar-refractivity contribution in [2.24, 2.45) is 5.92 Å². The summed E-state index contributed by atoms with van der Waals surface area (Å²) in [5.74, 6) is -2.61. The van der Waals surface area contributed by atoms with E-state index in [1.807, 2.05) is 44.2 Å². The number of carbonyl (C=O) groups is 1. The van der Waals surface area contributed by atoms with Gasteiger partial charge >= 0.3 is 6.01 Å². The number of hydrogen-bond acceptors (Lipinski definition) is 9. The van der Waals surface area contributed by atoms with Crippen molar-refractivity contribution in [1.82, 2.24) is 29.8 Å². The van der Waals surface area contributed by atoms with Crippen LogP contribution in [0, 0.1) is 24.6 Å². The van der Waals surface area contributed by atoms with Gasteiger partial charge in [-0.05, 0) is 37.6 Å². The molecule has 42 heavy (non-hydrogen) atoms. The van der Waals surface area contributed by atoms with Crippen LogP contribution in [0.3, 0.4) is 0 Å². The number of carbonyl (C=O) groups excluding carboxylic acids is 1. The molecule has 0 N–H and O–H groups in total. The molecule has 0 bridgehead atoms. The van der Waals surface area contributed by atoms with E-state index in [4.69, 9.17) is 19.4 Å². The molecule has 10 nitrogen and oxygen atoms in total. The molecular weight excluding hydrogens is 546 g/mol. The number of Topliss-reactive ketones (excluding diaryl/α,β-unsaturated/α-hetero) is 1. The molecule has 1 aliphatic rings. The van der Waals surface area contributed by atoms with Gasteiger partial charge in [0.05, 0.1) is 30.3 Å². The molecule has 2 atom stereocenters. The Balaban J connectivity index is 1.42. The van der Waals surface area contributed by atoms with Crippen molar-refractivity contribution >= 4 is 5.78 Å². The predicted molar refractivity (Wildman–Crippen MR) is 149 cm³/mol. The summed E-state index contributed by atoms with van der Waals surface area (Å²) in [4.78, 5) is 31.8. The highest BCUT2D eigenvalue weighted by Gasteiger charge is 2.37. The Morgan fingerprint density at radius 2 is 1.88 bits per heavy atom. The molecule has 5 rings (SSSR count). The topological polar surface area (TPSA) is 104 Å². The summed E-state index contributed by atoms with van der Waals surface area (Å²) >= 11 is 0. The number of hydrogen-bond donors (Lipinski definition) is 0. The first kappa shape index (κ1) is 29.4. The van der Waals surface area contributed by atoms with Crippen LogP contribution in [0.1, 0.15) is 36.3 Å². The van der Waals surface area contributed by atoms with Crippen molar-refractivity contribution in [3.05, 3.63) is 83.6 Å². The molecule has 1 aliphatic heterocycles. The van der Waals surface area contributed by atoms with Crippen LogP contribution >= 0.6 is 0 Å². The quantitative estimate of drug-likeness (QED) is 0.225. The lowest BCUT2D eigenvalue weighted by Gasteiger charge is -2.17. The number of ether oxygens (including phenoxy) is 2. The largest absolute Gasteiger partial charge is 0.464 e. The summed E-state index contributed by atoms with van der Waals surface area (Å²) in [6.45, 7) is 5.53. The Hall–Kier alpha value is -4.13. The molecule has 220 valence electrons. The number of benzene rings is 1. The van der Waals surface area contributed by atoms with Gasteiger partial charge in [0.25, 0.3) is 0 Å². The van der Waals surface area contributed by atoms with Crippen molar-refractivity contribution in [2.45, 2.75) is 32.8 Å². The second-order valence-corrected chi connectivity index (χ2v) is 9.98. The van der Waals surface area contributed by atoms with E-state index in [-0.39, 0.29) is 30.6 Å². The van der Waals surface area contributed by atoms with Crippen molar-refractivity contribution in [1.29, 1.82) is 0 Å². The lowest BCUT2D eigenvalue weighted by molar-refractivity contribution is -0.155. The second-order valence-electron chi connectivity index (χ2n) is 9.98. The van der Waals surface area contributed by atoms with Crippen molar-refractivity contribution in [3.63, 3.8) is 0 Å². The van der Waals surface area contributed by atoms with Gasteiger partial charge in [-0.25, -0.2) is 24.0 Å². The van der Waals surface area contributed by atoms with E-state index in [0.717, 1.165) is 23.0 Å². The molecule has 0 radical (unpaired) electrons. The van der Waals surface area contributed by atoms with Crippen molar-refractivity contribution in [2.75, 3.05) is 33.4 Å². The number of pyridine rings is 1. The third-order valence-corrected chi connectivity index (χ3v) is 7.09. The minimum atomic E-state index is -1.18. The molecule has 4 heterocycles. The maximum absolute atomic E-state index is 14.0. The first-order valence-electron chi connectivity index (χ1n) is 13.7. The fraction of sp³-hybridized carbons (Fsp3) is 0.367. The Labute approximate surface area is 242 Å². The molecule has 1 aromatic carbocycles. The van der Waals surface area contributed by atoms with Gasteiger partial charge in [0.1, 0.15) is 11.9 Å². The van der Waals surface area contributed by atoms with Crippen molar-refractivity contribution in [3.8, 4) is 23.0 Å². The number of rotatable bonds is 12. The Morgan fingerprint density at radius 1 is 1.12 bits per heavy atom. The van der Waals surface area contributed by atoms with E-state index in [1.54, 1.807) is 29.2 Å². The van der Waals surface area contributed by atoms with Crippen LogP contribution < -0.4 is 4.74 Å². The van der Waals surface area contributed by atoms with E-state index in [0.29, 0.717) is 43.1 Å². The first-order valence-corrected chi connectivity index (χ1v) is 13.7. The molecule has 4 aromatic rings. The van der Waals surface area contributed by atoms with E-state index >= 15 is 0 Å². The summed E-state index contributed by atoms with van der Waals surface area (Å²) < 4.78 is 39.9. The minimum absolute atomic E-state index is 0.0487. The smallest absolute Gasteiger partial charge is 0.316 e. The Morgan fingerprint density at radius 3 is 2.57 bits per heavy atom. The zero-order chi connectivity index (χ0) is 29.6. The van der Waals surface area contributed by atoms with Gasteiger partial charge in [-0.15, -0.1) is 0 Å². The number of hydroxylamine groups is 2. The standard InChI is InChI=1S/C30H32F2N6O4/c1-4-41-30-34-16-22(17-35-30)27-19(2)26(38(36-27)23-8-6-5-7-9-23)14-24(39)12-21-18-37(10-11-40-3)42-28(21)20-13-25(31)29(32)33-15-20/h5-9,13,15-17,21,28H,4,10-12,14,18H2,1-3H3/t21-,28+/m1/s1. The lowest BCUT2D eigenvalue weighted by atomic mass is 9.91. The number of methoxy groups -OCH3 is 1. The monoisotopic (exact) mass is 578 g/mol. The SMILES string of the molecule is CCOc1ncc(-c2nn(-c3ccccc3)c(CC(=O)C[C@@H]3CN(CCOC)O[C@H]3c3cnc(F)c(F)c3)c2C)cn1. The van der Waals surface area contributed by atoms with Crippen LogP contribution in [0.2, 0.25) is 0 Å². The van der Waals surface area contributed by atoms with Gasteiger partial charge in [0, 0.05) is 68.7 Å². The molecule has 3 aromatic heterocycles. The Bertz CT molecular complexity index is 1520. The number of ketones is 1. The third kappa shape index (κ3) is 6.51. The average Bonchev–Trinajstić information content (AvgIpc) is 3.54. The average molecular weight is 579 g/mol. The molecule has 0 saturated carbocycles. The minimum Gasteiger partial charge on any atom is -0.464 e. The molecule has 12 heteroatoms. The molecule has 0 amide bonds. The fourth-order valence-electron chi connectivity index (χ4n) is 5.07. The van der Waals surface area contributed by atoms with Crippen LogP contribution in [-0.2, 0) is 20.8 Å². The van der Waals surface area contributed by atoms with Crippen LogP contribution in [-0.4, -0.2) is 69.0 Å². The molecule has 0 aliphatic carbocycles. The van der Waals surface area contributed by atoms with Crippen LogP contribution in [0.4, 0.5) is 8.78 Å². The van der Waals surface area contributed by atoms with E-state index in [2.05, 4.69) is 15.0 Å². The number of nitrogens with zero attached hydrogens (tertiary/aromatic N) is 6. The number of para-hydroxylation sites is 1. The normalized spacial score (nSPS) is 17.1. The van der Waals surface area contributed by atoms with E-state index < -0.39 is 17.9 Å². The fourth-order valence-corrected chi connectivity index (χ4v) is 5.07. The van der Waals surface area contributed by atoms with E-state index in [1.165, 1.54) is 6.20 Å². The van der Waals surface area contributed by atoms with E-state index in [9.17, 15) is 13.6 Å². The highest BCUT2D eigenvalue weighted by Crippen LogP contribution is 2.37. The zero-order valence-electron chi connectivity index (χ0n) is 23.7. The highest BCUT2D eigenvalue weighted by molar-refractivity contribution is 5.82. The summed E-state index contributed by atoms with van der Waals surface area (Å²) in [7, 11) is 1.58. The van der Waals surface area contributed by atoms with Gasteiger partial charge in [-0.3, -0.25) is 9.63 Å². The summed E-state index contributed by atoms with van der Waals surface area (Å²) in [6.07, 6.45) is 4.14. The number of halogens is 2. The summed E-state index contributed by atoms with van der Waals surface area (Å²) in [5, 5.41) is 6.54. The summed E-state index contributed by atoms with van der Waals surface area (Å²) in [5.41, 5.74) is 4.09. The molecule has 1 saturated heterocycles. The van der Waals surface area contributed by atoms with Crippen LogP contribution in [0.25, 0.3) is 16.9 Å². The Kier molecular flexibility index (Phi) is 9.25. The maximum Gasteiger partial charge on any atom is 0.316 e. The van der Waals surface area contributed by atoms with Crippen molar-refractivity contribution < 1.29 is 27.9 Å². The summed E-state index contributed by atoms with van der Waals surface area (Å²) in [6, 6.07) is 10.9. The molecule has 1 fully saturated rings. The van der Waals surface area contributed by atoms with Gasteiger partial charge in [0.2, 0.25) is 5.95 Å². The van der Waals surface area contributed by atoms with Gasteiger partial charge in [-0.2, -0.15) is 14.6 Å². The number of aromatic nitrogens is 5. The molecule has 0 spiro atoms. The first-order chi connectivity index (χ1) is 20.4. The second kappa shape index (κ2) is 13.2. The molecular formula is C30H32F2N6O4. The lowest BCUT2D eigenvalue weighted by Crippen LogP contribution is -2.24. The van der Waals surface area contributed by atoms with Gasteiger partial charge in [-0.1, -0.05) is 18.2 Å². The van der Waals surface area contributed by atoms with Gasteiger partial charge in [0.15, 0.2) is 5.82 Å². The predicted octanol–water partition coefficient (Wildman–Crippen LogP) is 4.46. The molecule has 0 unspecified atom stereocenters. The third-order valence-electron chi connectivity index (χ3n) is 7.09. The van der Waals surface area contributed by atoms with Crippen LogP contribution in [0.5, 0.6) is 6.01 Å². The van der Waals surface area contributed by atoms with Crippen LogP contribution in [0.15, 0.2) is 55.0 Å².